The lowest BCUT2D eigenvalue weighted by Crippen LogP contribution is -2.46. The molecule has 1 fully saturated rings. The third-order valence-corrected chi connectivity index (χ3v) is 6.30. The maximum absolute atomic E-state index is 13.3. The van der Waals surface area contributed by atoms with Crippen LogP contribution in [0.25, 0.3) is 16.7 Å². The minimum absolute atomic E-state index is 0.0200. The summed E-state index contributed by atoms with van der Waals surface area (Å²) in [4.78, 5) is 27.1. The predicted molar refractivity (Wildman–Crippen MR) is 126 cm³/mol. The zero-order valence-electron chi connectivity index (χ0n) is 18.6. The Labute approximate surface area is 186 Å². The monoisotopic (exact) mass is 432 g/mol. The van der Waals surface area contributed by atoms with E-state index in [1.54, 1.807) is 23.9 Å². The first kappa shape index (κ1) is 20.5. The predicted octanol–water partition coefficient (Wildman–Crippen LogP) is 2.57. The average molecular weight is 433 g/mol. The molecule has 4 aromatic rings. The molecule has 8 heteroatoms. The summed E-state index contributed by atoms with van der Waals surface area (Å²) >= 11 is 0. The van der Waals surface area contributed by atoms with E-state index < -0.39 is 0 Å². The lowest BCUT2D eigenvalue weighted by Gasteiger charge is -2.36. The third kappa shape index (κ3) is 3.71. The van der Waals surface area contributed by atoms with Gasteiger partial charge in [-0.05, 0) is 38.1 Å². The second-order valence-electron chi connectivity index (χ2n) is 8.22. The number of para-hydroxylation sites is 1. The Hall–Kier alpha value is -3.39. The third-order valence-electron chi connectivity index (χ3n) is 6.30. The number of rotatable bonds is 6. The highest BCUT2D eigenvalue weighted by Gasteiger charge is 2.18. The van der Waals surface area contributed by atoms with Gasteiger partial charge in [-0.25, -0.2) is 4.98 Å². The number of aromatic nitrogens is 4. The number of anilines is 1. The van der Waals surface area contributed by atoms with E-state index in [4.69, 9.17) is 4.74 Å². The van der Waals surface area contributed by atoms with Gasteiger partial charge in [-0.1, -0.05) is 18.2 Å². The van der Waals surface area contributed by atoms with Crippen molar-refractivity contribution in [3.8, 4) is 5.88 Å². The number of ether oxygens (including phenoxy) is 1. The van der Waals surface area contributed by atoms with E-state index in [9.17, 15) is 4.79 Å². The molecule has 1 saturated heterocycles. The van der Waals surface area contributed by atoms with Gasteiger partial charge < -0.3 is 14.2 Å². The van der Waals surface area contributed by atoms with Gasteiger partial charge in [-0.3, -0.25) is 14.1 Å². The number of hydrogen-bond donors (Lipinski definition) is 0. The van der Waals surface area contributed by atoms with Crippen molar-refractivity contribution in [2.75, 3.05) is 44.7 Å². The first-order valence-corrected chi connectivity index (χ1v) is 11.1. The van der Waals surface area contributed by atoms with Gasteiger partial charge in [0.15, 0.2) is 5.65 Å². The van der Waals surface area contributed by atoms with Crippen LogP contribution in [0.3, 0.4) is 0 Å². The zero-order chi connectivity index (χ0) is 22.1. The van der Waals surface area contributed by atoms with Gasteiger partial charge in [0, 0.05) is 44.5 Å². The van der Waals surface area contributed by atoms with Gasteiger partial charge in [0.2, 0.25) is 5.88 Å². The van der Waals surface area contributed by atoms with Gasteiger partial charge >= 0.3 is 0 Å². The van der Waals surface area contributed by atoms with Crippen LogP contribution in [-0.4, -0.2) is 63.7 Å². The summed E-state index contributed by atoms with van der Waals surface area (Å²) in [7, 11) is 1.60. The van der Waals surface area contributed by atoms with Crippen molar-refractivity contribution in [3.63, 3.8) is 0 Å². The highest BCUT2D eigenvalue weighted by molar-refractivity contribution is 5.76. The molecule has 1 aliphatic rings. The number of piperazine rings is 1. The number of methoxy groups -OCH3 is 1. The van der Waals surface area contributed by atoms with Crippen molar-refractivity contribution in [2.24, 2.45) is 0 Å². The molecule has 32 heavy (non-hydrogen) atoms. The standard InChI is InChI=1S/C24H28N6O2/c1-18-22-24(31)29(20-9-10-21(32-2)26-23(20)30(22)17-25-18)12-6-11-27-13-15-28(16-14-27)19-7-4-3-5-8-19/h3-5,7-10,17H,6,11-16H2,1-2H3. The minimum atomic E-state index is -0.0200. The van der Waals surface area contributed by atoms with Gasteiger partial charge in [-0.2, -0.15) is 4.98 Å². The highest BCUT2D eigenvalue weighted by atomic mass is 16.5. The van der Waals surface area contributed by atoms with Crippen molar-refractivity contribution in [2.45, 2.75) is 19.9 Å². The van der Waals surface area contributed by atoms with Gasteiger partial charge in [-0.15, -0.1) is 0 Å². The number of aryl methyl sites for hydroxylation is 2. The van der Waals surface area contributed by atoms with Crippen molar-refractivity contribution in [3.05, 3.63) is 64.8 Å². The van der Waals surface area contributed by atoms with Crippen molar-refractivity contribution < 1.29 is 4.74 Å². The fourth-order valence-electron chi connectivity index (χ4n) is 4.56. The molecule has 0 bridgehead atoms. The lowest BCUT2D eigenvalue weighted by molar-refractivity contribution is 0.250. The maximum Gasteiger partial charge on any atom is 0.277 e. The van der Waals surface area contributed by atoms with E-state index in [0.29, 0.717) is 29.3 Å². The summed E-state index contributed by atoms with van der Waals surface area (Å²) in [6.07, 6.45) is 2.56. The van der Waals surface area contributed by atoms with E-state index in [1.807, 2.05) is 17.6 Å². The SMILES string of the molecule is COc1ccc2c(n1)n1cnc(C)c1c(=O)n2CCCN1CCN(c2ccccc2)CC1. The largest absolute Gasteiger partial charge is 0.481 e. The minimum Gasteiger partial charge on any atom is -0.481 e. The molecule has 0 radical (unpaired) electrons. The maximum atomic E-state index is 13.3. The van der Waals surface area contributed by atoms with Crippen LogP contribution >= 0.6 is 0 Å². The molecule has 3 aromatic heterocycles. The molecular weight excluding hydrogens is 404 g/mol. The van der Waals surface area contributed by atoms with Crippen molar-refractivity contribution >= 4 is 22.4 Å². The highest BCUT2D eigenvalue weighted by Crippen LogP contribution is 2.19. The number of fused-ring (bicyclic) bond motifs is 3. The molecule has 4 heterocycles. The van der Waals surface area contributed by atoms with Crippen LogP contribution in [0.4, 0.5) is 5.69 Å². The smallest absolute Gasteiger partial charge is 0.277 e. The molecule has 0 aliphatic carbocycles. The Bertz CT molecular complexity index is 1290. The first-order valence-electron chi connectivity index (χ1n) is 11.1. The number of benzene rings is 1. The van der Waals surface area contributed by atoms with Crippen LogP contribution in [0.15, 0.2) is 53.6 Å². The topological polar surface area (TPSA) is 67.9 Å². The Morgan fingerprint density at radius 3 is 2.53 bits per heavy atom. The lowest BCUT2D eigenvalue weighted by atomic mass is 10.2. The fourth-order valence-corrected chi connectivity index (χ4v) is 4.56. The number of imidazole rings is 1. The summed E-state index contributed by atoms with van der Waals surface area (Å²) in [6, 6.07) is 14.3. The van der Waals surface area contributed by atoms with Crippen LogP contribution in [0.5, 0.6) is 5.88 Å². The molecule has 5 rings (SSSR count). The van der Waals surface area contributed by atoms with E-state index in [0.717, 1.165) is 44.7 Å². The second-order valence-corrected chi connectivity index (χ2v) is 8.22. The molecule has 166 valence electrons. The zero-order valence-corrected chi connectivity index (χ0v) is 18.6. The molecular formula is C24H28N6O2. The van der Waals surface area contributed by atoms with Gasteiger partial charge in [0.1, 0.15) is 11.8 Å². The quantitative estimate of drug-likeness (QED) is 0.467. The summed E-state index contributed by atoms with van der Waals surface area (Å²) < 4.78 is 8.92. The van der Waals surface area contributed by atoms with Gasteiger partial charge in [0.25, 0.3) is 5.56 Å². The van der Waals surface area contributed by atoms with E-state index in [2.05, 4.69) is 50.1 Å². The molecule has 0 spiro atoms. The second kappa shape index (κ2) is 8.63. The van der Waals surface area contributed by atoms with E-state index in [1.165, 1.54) is 5.69 Å². The summed E-state index contributed by atoms with van der Waals surface area (Å²) in [5.74, 6) is 0.520. The Morgan fingerprint density at radius 2 is 1.78 bits per heavy atom. The fraction of sp³-hybridized carbons (Fsp3) is 0.375. The van der Waals surface area contributed by atoms with Crippen LogP contribution in [0, 0.1) is 6.92 Å². The number of pyridine rings is 1. The average Bonchev–Trinajstić information content (AvgIpc) is 3.24. The molecule has 1 aliphatic heterocycles. The van der Waals surface area contributed by atoms with Crippen molar-refractivity contribution in [1.29, 1.82) is 0 Å². The van der Waals surface area contributed by atoms with E-state index in [-0.39, 0.29) is 5.56 Å². The Balaban J connectivity index is 1.32. The van der Waals surface area contributed by atoms with Gasteiger partial charge in [0.05, 0.1) is 18.3 Å². The van der Waals surface area contributed by atoms with Crippen LogP contribution in [0.1, 0.15) is 12.1 Å². The summed E-state index contributed by atoms with van der Waals surface area (Å²) in [5, 5.41) is 0. The molecule has 1 aromatic carbocycles. The number of nitrogens with zero attached hydrogens (tertiary/aromatic N) is 6. The molecule has 0 saturated carbocycles. The Morgan fingerprint density at radius 1 is 1.00 bits per heavy atom. The number of hydrogen-bond acceptors (Lipinski definition) is 6. The normalized spacial score (nSPS) is 15.0. The van der Waals surface area contributed by atoms with Crippen LogP contribution < -0.4 is 15.2 Å². The summed E-state index contributed by atoms with van der Waals surface area (Å²) in [6.45, 7) is 7.58. The van der Waals surface area contributed by atoms with Crippen LogP contribution in [-0.2, 0) is 6.54 Å². The first-order chi connectivity index (χ1) is 15.7. The molecule has 0 N–H and O–H groups in total. The Kier molecular flexibility index (Phi) is 5.53. The van der Waals surface area contributed by atoms with Crippen molar-refractivity contribution in [1.82, 2.24) is 23.8 Å². The molecule has 0 atom stereocenters. The summed E-state index contributed by atoms with van der Waals surface area (Å²) in [5.41, 5.74) is 4.05. The molecule has 0 unspecified atom stereocenters. The molecule has 0 amide bonds. The molecule has 8 nitrogen and oxygen atoms in total. The van der Waals surface area contributed by atoms with E-state index >= 15 is 0 Å². The van der Waals surface area contributed by atoms with Crippen LogP contribution in [0.2, 0.25) is 0 Å².